The standard InChI is InChI=1S/C7H11N3S/c1-5-3-9-7(8)6(2)10-4-11-5/h3-4,6-7H,1,8H2,2H3. The second kappa shape index (κ2) is 3.69. The van der Waals surface area contributed by atoms with Crippen LogP contribution >= 0.6 is 11.8 Å². The molecule has 60 valence electrons. The topological polar surface area (TPSA) is 50.7 Å². The summed E-state index contributed by atoms with van der Waals surface area (Å²) in [6.45, 7) is 5.68. The number of nitrogens with zero attached hydrogens (tertiary/aromatic N) is 2. The van der Waals surface area contributed by atoms with Crippen LogP contribution in [-0.2, 0) is 0 Å². The maximum absolute atomic E-state index is 5.65. The Kier molecular flexibility index (Phi) is 2.84. The number of thioether (sulfide) groups is 1. The van der Waals surface area contributed by atoms with E-state index in [0.29, 0.717) is 0 Å². The van der Waals surface area contributed by atoms with Gasteiger partial charge in [-0.1, -0.05) is 18.3 Å². The van der Waals surface area contributed by atoms with Gasteiger partial charge in [-0.3, -0.25) is 9.98 Å². The molecule has 0 aliphatic carbocycles. The molecule has 1 aliphatic rings. The van der Waals surface area contributed by atoms with E-state index < -0.39 is 0 Å². The van der Waals surface area contributed by atoms with E-state index in [4.69, 9.17) is 5.73 Å². The Balaban J connectivity index is 2.70. The first-order valence-corrected chi connectivity index (χ1v) is 4.24. The van der Waals surface area contributed by atoms with Gasteiger partial charge >= 0.3 is 0 Å². The summed E-state index contributed by atoms with van der Waals surface area (Å²) >= 11 is 1.47. The van der Waals surface area contributed by atoms with E-state index in [0.717, 1.165) is 4.91 Å². The molecule has 0 radical (unpaired) electrons. The summed E-state index contributed by atoms with van der Waals surface area (Å²) in [6, 6.07) is 0.0619. The molecular weight excluding hydrogens is 158 g/mol. The summed E-state index contributed by atoms with van der Waals surface area (Å²) < 4.78 is 0. The van der Waals surface area contributed by atoms with Gasteiger partial charge in [-0.2, -0.15) is 0 Å². The van der Waals surface area contributed by atoms with Crippen LogP contribution in [0, 0.1) is 0 Å². The van der Waals surface area contributed by atoms with Gasteiger partial charge in [0.05, 0.1) is 11.6 Å². The van der Waals surface area contributed by atoms with Gasteiger partial charge < -0.3 is 5.73 Å². The van der Waals surface area contributed by atoms with Crippen LogP contribution in [0.15, 0.2) is 21.5 Å². The summed E-state index contributed by atoms with van der Waals surface area (Å²) in [5.41, 5.74) is 7.41. The van der Waals surface area contributed by atoms with Gasteiger partial charge in [-0.15, -0.1) is 0 Å². The molecule has 1 aliphatic heterocycles. The molecule has 0 saturated heterocycles. The Morgan fingerprint density at radius 2 is 2.36 bits per heavy atom. The van der Waals surface area contributed by atoms with Crippen LogP contribution < -0.4 is 5.73 Å². The summed E-state index contributed by atoms with van der Waals surface area (Å²) in [6.07, 6.45) is 1.46. The molecule has 2 unspecified atom stereocenters. The Hall–Kier alpha value is -0.610. The van der Waals surface area contributed by atoms with Crippen molar-refractivity contribution >= 4 is 23.5 Å². The smallest absolute Gasteiger partial charge is 0.119 e. The van der Waals surface area contributed by atoms with Crippen LogP contribution in [0.1, 0.15) is 6.92 Å². The van der Waals surface area contributed by atoms with Crippen LogP contribution in [0.2, 0.25) is 0 Å². The lowest BCUT2D eigenvalue weighted by atomic mass is 10.3. The molecule has 0 aromatic heterocycles. The van der Waals surface area contributed by atoms with Gasteiger partial charge in [0.15, 0.2) is 0 Å². The average Bonchev–Trinajstić information content (AvgIpc) is 1.98. The van der Waals surface area contributed by atoms with E-state index in [1.54, 1.807) is 11.8 Å². The molecule has 0 bridgehead atoms. The molecule has 1 heterocycles. The summed E-state index contributed by atoms with van der Waals surface area (Å²) in [4.78, 5) is 9.09. The van der Waals surface area contributed by atoms with Gasteiger partial charge in [0, 0.05) is 11.1 Å². The van der Waals surface area contributed by atoms with Crippen LogP contribution in [0.5, 0.6) is 0 Å². The predicted molar refractivity (Wildman–Crippen MR) is 51.2 cm³/mol. The highest BCUT2D eigenvalue weighted by molar-refractivity contribution is 8.16. The molecule has 4 heteroatoms. The third-order valence-corrected chi connectivity index (χ3v) is 2.02. The zero-order valence-electron chi connectivity index (χ0n) is 6.40. The van der Waals surface area contributed by atoms with E-state index in [1.165, 1.54) is 11.8 Å². The van der Waals surface area contributed by atoms with Gasteiger partial charge in [0.25, 0.3) is 0 Å². The van der Waals surface area contributed by atoms with Crippen molar-refractivity contribution in [3.05, 3.63) is 11.5 Å². The van der Waals surface area contributed by atoms with E-state index in [-0.39, 0.29) is 12.2 Å². The monoisotopic (exact) mass is 169 g/mol. The quantitative estimate of drug-likeness (QED) is 0.588. The number of aliphatic imine (C=N–C) groups is 2. The fourth-order valence-corrected chi connectivity index (χ4v) is 1.12. The Labute approximate surface area is 70.5 Å². The molecule has 1 rings (SSSR count). The first-order chi connectivity index (χ1) is 5.20. The zero-order valence-corrected chi connectivity index (χ0v) is 7.21. The predicted octanol–water partition coefficient (Wildman–Crippen LogP) is 1.02. The van der Waals surface area contributed by atoms with Crippen LogP contribution in [0.25, 0.3) is 0 Å². The van der Waals surface area contributed by atoms with Crippen LogP contribution in [0.3, 0.4) is 0 Å². The highest BCUT2D eigenvalue weighted by Crippen LogP contribution is 2.11. The van der Waals surface area contributed by atoms with Gasteiger partial charge in [0.2, 0.25) is 0 Å². The molecule has 2 atom stereocenters. The Morgan fingerprint density at radius 1 is 1.64 bits per heavy atom. The van der Waals surface area contributed by atoms with Crippen molar-refractivity contribution in [2.45, 2.75) is 19.1 Å². The minimum atomic E-state index is -0.233. The molecule has 0 aromatic rings. The average molecular weight is 169 g/mol. The van der Waals surface area contributed by atoms with E-state index >= 15 is 0 Å². The van der Waals surface area contributed by atoms with E-state index in [1.807, 2.05) is 6.92 Å². The fraction of sp³-hybridized carbons (Fsp3) is 0.429. The minimum absolute atomic E-state index is 0.0619. The van der Waals surface area contributed by atoms with E-state index in [9.17, 15) is 0 Å². The van der Waals surface area contributed by atoms with Crippen molar-refractivity contribution in [2.75, 3.05) is 0 Å². The van der Waals surface area contributed by atoms with Gasteiger partial charge in [-0.05, 0) is 6.92 Å². The summed E-state index contributed by atoms with van der Waals surface area (Å²) in [5.74, 6) is 0. The zero-order chi connectivity index (χ0) is 8.27. The molecule has 0 aromatic carbocycles. The molecule has 11 heavy (non-hydrogen) atoms. The minimum Gasteiger partial charge on any atom is -0.308 e. The second-order valence-electron chi connectivity index (χ2n) is 2.35. The van der Waals surface area contributed by atoms with Crippen LogP contribution in [0.4, 0.5) is 0 Å². The molecule has 0 spiro atoms. The lowest BCUT2D eigenvalue weighted by Gasteiger charge is -2.12. The summed E-state index contributed by atoms with van der Waals surface area (Å²) in [7, 11) is 0. The molecular formula is C7H11N3S. The van der Waals surface area contributed by atoms with Crippen molar-refractivity contribution in [1.82, 2.24) is 0 Å². The molecule has 0 amide bonds. The van der Waals surface area contributed by atoms with Crippen molar-refractivity contribution in [3.63, 3.8) is 0 Å². The molecule has 3 nitrogen and oxygen atoms in total. The summed E-state index contributed by atoms with van der Waals surface area (Å²) in [5, 5.41) is 0. The van der Waals surface area contributed by atoms with Crippen LogP contribution in [-0.4, -0.2) is 24.0 Å². The third-order valence-electron chi connectivity index (χ3n) is 1.38. The highest BCUT2D eigenvalue weighted by atomic mass is 32.2. The highest BCUT2D eigenvalue weighted by Gasteiger charge is 2.09. The first kappa shape index (κ1) is 8.49. The maximum Gasteiger partial charge on any atom is 0.119 e. The molecule has 0 fully saturated rings. The lowest BCUT2D eigenvalue weighted by Crippen LogP contribution is -2.29. The van der Waals surface area contributed by atoms with Crippen molar-refractivity contribution in [1.29, 1.82) is 0 Å². The van der Waals surface area contributed by atoms with Crippen molar-refractivity contribution < 1.29 is 0 Å². The SMILES string of the molecule is C=C1C=NC(N)C(C)N=CS1. The number of rotatable bonds is 0. The maximum atomic E-state index is 5.65. The first-order valence-electron chi connectivity index (χ1n) is 3.36. The van der Waals surface area contributed by atoms with Crippen molar-refractivity contribution in [3.8, 4) is 0 Å². The number of hydrogen-bond acceptors (Lipinski definition) is 4. The number of allylic oxidation sites excluding steroid dienone is 1. The normalized spacial score (nSPS) is 31.6. The Morgan fingerprint density at radius 3 is 3.09 bits per heavy atom. The third kappa shape index (κ3) is 2.48. The fourth-order valence-electron chi connectivity index (χ4n) is 0.606. The van der Waals surface area contributed by atoms with Gasteiger partial charge in [-0.25, -0.2) is 0 Å². The van der Waals surface area contributed by atoms with Gasteiger partial charge in [0.1, 0.15) is 6.17 Å². The number of hydrogen-bond donors (Lipinski definition) is 1. The molecule has 2 N–H and O–H groups in total. The lowest BCUT2D eigenvalue weighted by molar-refractivity contribution is 0.589. The Bertz CT molecular complexity index is 210. The van der Waals surface area contributed by atoms with E-state index in [2.05, 4.69) is 16.6 Å². The largest absolute Gasteiger partial charge is 0.308 e. The van der Waals surface area contributed by atoms with Crippen molar-refractivity contribution in [2.24, 2.45) is 15.7 Å². The molecule has 0 saturated carbocycles. The second-order valence-corrected chi connectivity index (χ2v) is 3.32. The number of nitrogens with two attached hydrogens (primary N) is 1.